The van der Waals surface area contributed by atoms with Crippen molar-refractivity contribution >= 4 is 86.2 Å². The van der Waals surface area contributed by atoms with Crippen LogP contribution in [0.15, 0.2) is 158 Å². The van der Waals surface area contributed by atoms with E-state index in [-0.39, 0.29) is 0 Å². The first-order chi connectivity index (χ1) is 21.7. The molecule has 10 aromatic carbocycles. The zero-order valence-electron chi connectivity index (χ0n) is 24.0. The maximum absolute atomic E-state index is 2.39. The Bertz CT molecular complexity index is 2820. The lowest BCUT2D eigenvalue weighted by atomic mass is 9.92. The van der Waals surface area contributed by atoms with Gasteiger partial charge in [0.25, 0.3) is 0 Å². The van der Waals surface area contributed by atoms with Gasteiger partial charge in [0, 0.05) is 0 Å². The average Bonchev–Trinajstić information content (AvgIpc) is 3.06. The molecule has 10 rings (SSSR count). The third-order valence-electron chi connectivity index (χ3n) is 9.63. The maximum Gasteiger partial charge on any atom is -0.00988 e. The summed E-state index contributed by atoms with van der Waals surface area (Å²) in [4.78, 5) is 0. The van der Waals surface area contributed by atoms with Crippen molar-refractivity contribution in [3.05, 3.63) is 158 Å². The monoisotopic (exact) mass is 554 g/mol. The fourth-order valence-corrected chi connectivity index (χ4v) is 7.38. The lowest BCUT2D eigenvalue weighted by Gasteiger charge is -2.12. The third kappa shape index (κ3) is 3.58. The molecule has 0 bridgehead atoms. The van der Waals surface area contributed by atoms with Crippen molar-refractivity contribution in [1.82, 2.24) is 0 Å². The smallest absolute Gasteiger partial charge is 0.00988 e. The second-order valence-electron chi connectivity index (χ2n) is 12.2. The normalized spacial score (nSPS) is 12.1. The molecule has 0 unspecified atom stereocenters. The molecule has 0 radical (unpaired) electrons. The predicted molar refractivity (Wildman–Crippen MR) is 192 cm³/mol. The Morgan fingerprint density at radius 3 is 1.20 bits per heavy atom. The Labute approximate surface area is 254 Å². The maximum atomic E-state index is 2.39. The molecular formula is C44H26. The molecule has 0 heterocycles. The summed E-state index contributed by atoms with van der Waals surface area (Å²) in [5.41, 5.74) is 2.52. The van der Waals surface area contributed by atoms with Gasteiger partial charge < -0.3 is 0 Å². The molecular weight excluding hydrogens is 528 g/mol. The minimum Gasteiger partial charge on any atom is -0.0616 e. The summed E-state index contributed by atoms with van der Waals surface area (Å²) in [6.07, 6.45) is 0. The molecule has 0 spiro atoms. The van der Waals surface area contributed by atoms with E-state index < -0.39 is 0 Å². The summed E-state index contributed by atoms with van der Waals surface area (Å²) < 4.78 is 0. The molecule has 44 heavy (non-hydrogen) atoms. The topological polar surface area (TPSA) is 0 Å². The van der Waals surface area contributed by atoms with Gasteiger partial charge in [0.15, 0.2) is 0 Å². The average molecular weight is 555 g/mol. The van der Waals surface area contributed by atoms with Crippen LogP contribution in [0.1, 0.15) is 0 Å². The largest absolute Gasteiger partial charge is 0.0616 e. The van der Waals surface area contributed by atoms with E-state index >= 15 is 0 Å². The zero-order chi connectivity index (χ0) is 28.8. The molecule has 0 atom stereocenters. The first kappa shape index (κ1) is 23.8. The molecule has 0 saturated carbocycles. The number of benzene rings is 10. The quantitative estimate of drug-likeness (QED) is 0.140. The van der Waals surface area contributed by atoms with Crippen LogP contribution in [0.5, 0.6) is 0 Å². The highest BCUT2D eigenvalue weighted by Gasteiger charge is 2.10. The lowest BCUT2D eigenvalue weighted by Crippen LogP contribution is -1.85. The Kier molecular flexibility index (Phi) is 4.81. The van der Waals surface area contributed by atoms with Crippen molar-refractivity contribution in [2.75, 3.05) is 0 Å². The fourth-order valence-electron chi connectivity index (χ4n) is 7.38. The fraction of sp³-hybridized carbons (Fsp3) is 0. The second kappa shape index (κ2) is 8.89. The minimum atomic E-state index is 1.25. The van der Waals surface area contributed by atoms with Gasteiger partial charge in [0.1, 0.15) is 0 Å². The van der Waals surface area contributed by atoms with Gasteiger partial charge in [0.2, 0.25) is 0 Å². The molecule has 202 valence electrons. The second-order valence-corrected chi connectivity index (χ2v) is 12.2. The van der Waals surface area contributed by atoms with E-state index in [0.29, 0.717) is 0 Å². The first-order valence-corrected chi connectivity index (χ1v) is 15.3. The van der Waals surface area contributed by atoms with Crippen LogP contribution in [0, 0.1) is 0 Å². The van der Waals surface area contributed by atoms with Gasteiger partial charge in [-0.15, -0.1) is 0 Å². The standard InChI is InChI=1S/C44H26/c1-2-8-29-18-39-25-42-32(20-37(39)17-28(29)7-1)10-5-11-41(42)33-13-12-31-19-38-22-35-15-14-34-16-27-6-3-4-9-30(27)24-43(34)44(35)26-40(38)23-36(31)21-33/h1-26H. The summed E-state index contributed by atoms with van der Waals surface area (Å²) in [5, 5.41) is 20.5. The molecule has 0 N–H and O–H groups in total. The van der Waals surface area contributed by atoms with Crippen LogP contribution in [0.2, 0.25) is 0 Å². The predicted octanol–water partition coefficient (Wildman–Crippen LogP) is 12.6. The van der Waals surface area contributed by atoms with Crippen molar-refractivity contribution in [2.24, 2.45) is 0 Å². The zero-order valence-corrected chi connectivity index (χ0v) is 24.0. The molecule has 0 aromatic heterocycles. The molecule has 10 aromatic rings. The van der Waals surface area contributed by atoms with Gasteiger partial charge in [-0.2, -0.15) is 0 Å². The first-order valence-electron chi connectivity index (χ1n) is 15.3. The molecule has 0 aliphatic carbocycles. The van der Waals surface area contributed by atoms with E-state index in [2.05, 4.69) is 158 Å². The number of rotatable bonds is 1. The Morgan fingerprint density at radius 2 is 0.568 bits per heavy atom. The Morgan fingerprint density at radius 1 is 0.205 bits per heavy atom. The van der Waals surface area contributed by atoms with Crippen LogP contribution in [-0.2, 0) is 0 Å². The van der Waals surface area contributed by atoms with Crippen LogP contribution >= 0.6 is 0 Å². The van der Waals surface area contributed by atoms with E-state index in [1.54, 1.807) is 0 Å². The van der Waals surface area contributed by atoms with Crippen molar-refractivity contribution in [3.63, 3.8) is 0 Å². The van der Waals surface area contributed by atoms with Gasteiger partial charge in [-0.1, -0.05) is 91.0 Å². The van der Waals surface area contributed by atoms with Crippen LogP contribution in [0.25, 0.3) is 97.3 Å². The highest BCUT2D eigenvalue weighted by atomic mass is 14.1. The van der Waals surface area contributed by atoms with Crippen molar-refractivity contribution in [2.45, 2.75) is 0 Å². The van der Waals surface area contributed by atoms with Gasteiger partial charge in [0.05, 0.1) is 0 Å². The molecule has 0 aliphatic rings. The van der Waals surface area contributed by atoms with Crippen LogP contribution in [0.3, 0.4) is 0 Å². The van der Waals surface area contributed by atoms with E-state index in [0.717, 1.165) is 0 Å². The molecule has 0 aliphatic heterocycles. The van der Waals surface area contributed by atoms with Crippen LogP contribution in [0.4, 0.5) is 0 Å². The summed E-state index contributed by atoms with van der Waals surface area (Å²) in [6, 6.07) is 58.9. The van der Waals surface area contributed by atoms with E-state index in [9.17, 15) is 0 Å². The summed E-state index contributed by atoms with van der Waals surface area (Å²) >= 11 is 0. The number of fused-ring (bicyclic) bond motifs is 9. The third-order valence-corrected chi connectivity index (χ3v) is 9.63. The van der Waals surface area contributed by atoms with E-state index in [1.807, 2.05) is 0 Å². The van der Waals surface area contributed by atoms with Gasteiger partial charge >= 0.3 is 0 Å². The lowest BCUT2D eigenvalue weighted by molar-refractivity contribution is 1.70. The Hall–Kier alpha value is -5.72. The molecule has 0 heteroatoms. The summed E-state index contributed by atoms with van der Waals surface area (Å²) in [6.45, 7) is 0. The number of hydrogen-bond donors (Lipinski definition) is 0. The van der Waals surface area contributed by atoms with Crippen molar-refractivity contribution in [3.8, 4) is 11.1 Å². The Balaban J connectivity index is 1.17. The van der Waals surface area contributed by atoms with E-state index in [1.165, 1.54) is 97.3 Å². The molecule has 0 fully saturated rings. The summed E-state index contributed by atoms with van der Waals surface area (Å²) in [7, 11) is 0. The highest BCUT2D eigenvalue weighted by molar-refractivity contribution is 6.17. The van der Waals surface area contributed by atoms with Crippen LogP contribution in [-0.4, -0.2) is 0 Å². The van der Waals surface area contributed by atoms with E-state index in [4.69, 9.17) is 0 Å². The number of hydrogen-bond acceptors (Lipinski definition) is 0. The van der Waals surface area contributed by atoms with Gasteiger partial charge in [-0.25, -0.2) is 0 Å². The van der Waals surface area contributed by atoms with Crippen molar-refractivity contribution in [1.29, 1.82) is 0 Å². The molecule has 0 saturated heterocycles. The van der Waals surface area contributed by atoms with Gasteiger partial charge in [-0.05, 0) is 164 Å². The highest BCUT2D eigenvalue weighted by Crippen LogP contribution is 2.37. The van der Waals surface area contributed by atoms with Gasteiger partial charge in [-0.3, -0.25) is 0 Å². The van der Waals surface area contributed by atoms with Crippen molar-refractivity contribution < 1.29 is 0 Å². The van der Waals surface area contributed by atoms with Crippen LogP contribution < -0.4 is 0 Å². The summed E-state index contributed by atoms with van der Waals surface area (Å²) in [5.74, 6) is 0. The SMILES string of the molecule is c1ccc2cc3cc4c(-c5ccc6cc7cc8ccc9cc%10ccccc%10cc9c8cc7cc6c5)cccc4cc3cc2c1. The minimum absolute atomic E-state index is 1.25. The molecule has 0 amide bonds. The molecule has 0 nitrogen and oxygen atoms in total.